The molecule has 0 aliphatic heterocycles. The SMILES string of the molecule is Cc1cc2onc(CC(=O)Nc3ccccc3Cl)c2cc1C. The molecule has 0 saturated carbocycles. The third kappa shape index (κ3) is 2.83. The van der Waals surface area contributed by atoms with Gasteiger partial charge in [-0.15, -0.1) is 0 Å². The van der Waals surface area contributed by atoms with Crippen LogP contribution in [0.25, 0.3) is 11.0 Å². The molecule has 0 saturated heterocycles. The molecule has 22 heavy (non-hydrogen) atoms. The molecule has 1 amide bonds. The number of hydrogen-bond donors (Lipinski definition) is 1. The van der Waals surface area contributed by atoms with Gasteiger partial charge in [-0.2, -0.15) is 0 Å². The predicted molar refractivity (Wildman–Crippen MR) is 87.3 cm³/mol. The molecule has 1 aromatic heterocycles. The minimum absolute atomic E-state index is 0.140. The van der Waals surface area contributed by atoms with E-state index in [1.165, 1.54) is 0 Å². The molecular weight excluding hydrogens is 300 g/mol. The molecule has 1 N–H and O–H groups in total. The molecule has 112 valence electrons. The maximum Gasteiger partial charge on any atom is 0.230 e. The molecule has 0 bridgehead atoms. The van der Waals surface area contributed by atoms with Gasteiger partial charge in [0, 0.05) is 5.39 Å². The highest BCUT2D eigenvalue weighted by Gasteiger charge is 2.14. The summed E-state index contributed by atoms with van der Waals surface area (Å²) in [4.78, 5) is 12.2. The van der Waals surface area contributed by atoms with Crippen molar-refractivity contribution < 1.29 is 9.32 Å². The number of halogens is 1. The predicted octanol–water partition coefficient (Wildman–Crippen LogP) is 4.28. The zero-order valence-corrected chi connectivity index (χ0v) is 13.1. The van der Waals surface area contributed by atoms with Gasteiger partial charge < -0.3 is 9.84 Å². The van der Waals surface area contributed by atoms with Crippen LogP contribution in [0.5, 0.6) is 0 Å². The number of para-hydroxylation sites is 1. The Bertz CT molecular complexity index is 855. The van der Waals surface area contributed by atoms with Crippen molar-refractivity contribution in [1.82, 2.24) is 5.16 Å². The summed E-state index contributed by atoms with van der Waals surface area (Å²) in [5.41, 5.74) is 4.19. The zero-order valence-electron chi connectivity index (χ0n) is 12.3. The van der Waals surface area contributed by atoms with Crippen molar-refractivity contribution in [2.45, 2.75) is 20.3 Å². The Hall–Kier alpha value is -2.33. The van der Waals surface area contributed by atoms with E-state index in [2.05, 4.69) is 10.5 Å². The van der Waals surface area contributed by atoms with Gasteiger partial charge in [0.25, 0.3) is 0 Å². The fraction of sp³-hybridized carbons (Fsp3) is 0.176. The van der Waals surface area contributed by atoms with Gasteiger partial charge in [-0.3, -0.25) is 4.79 Å². The van der Waals surface area contributed by atoms with Gasteiger partial charge >= 0.3 is 0 Å². The number of nitrogens with zero attached hydrogens (tertiary/aromatic N) is 1. The molecule has 4 nitrogen and oxygen atoms in total. The number of rotatable bonds is 3. The Morgan fingerprint density at radius 3 is 2.73 bits per heavy atom. The van der Waals surface area contributed by atoms with E-state index < -0.39 is 0 Å². The Morgan fingerprint density at radius 2 is 1.95 bits per heavy atom. The maximum absolute atomic E-state index is 12.2. The molecule has 2 aromatic carbocycles. The maximum atomic E-state index is 12.2. The molecule has 3 rings (SSSR count). The highest BCUT2D eigenvalue weighted by molar-refractivity contribution is 6.33. The Labute approximate surface area is 133 Å². The molecule has 0 aliphatic rings. The number of aryl methyl sites for hydroxylation is 2. The van der Waals surface area contributed by atoms with Crippen LogP contribution >= 0.6 is 11.6 Å². The second-order valence-corrected chi connectivity index (χ2v) is 5.67. The number of carbonyl (C=O) groups excluding carboxylic acids is 1. The summed E-state index contributed by atoms with van der Waals surface area (Å²) in [7, 11) is 0. The number of hydrogen-bond acceptors (Lipinski definition) is 3. The van der Waals surface area contributed by atoms with E-state index in [1.807, 2.05) is 38.1 Å². The second-order valence-electron chi connectivity index (χ2n) is 5.27. The average molecular weight is 315 g/mol. The normalized spacial score (nSPS) is 10.9. The lowest BCUT2D eigenvalue weighted by Crippen LogP contribution is -2.15. The van der Waals surface area contributed by atoms with Crippen LogP contribution in [0, 0.1) is 13.8 Å². The number of nitrogens with one attached hydrogen (secondary N) is 1. The summed E-state index contributed by atoms with van der Waals surface area (Å²) in [5, 5.41) is 8.18. The minimum atomic E-state index is -0.179. The van der Waals surface area contributed by atoms with Crippen LogP contribution < -0.4 is 5.32 Å². The second kappa shape index (κ2) is 5.81. The van der Waals surface area contributed by atoms with E-state index in [0.29, 0.717) is 22.0 Å². The topological polar surface area (TPSA) is 55.1 Å². The molecule has 0 fully saturated rings. The van der Waals surface area contributed by atoms with Gasteiger partial charge in [0.1, 0.15) is 5.69 Å². The monoisotopic (exact) mass is 314 g/mol. The molecule has 0 atom stereocenters. The Kier molecular flexibility index (Phi) is 3.86. The van der Waals surface area contributed by atoms with E-state index in [9.17, 15) is 4.79 Å². The number of benzene rings is 2. The minimum Gasteiger partial charge on any atom is -0.356 e. The Morgan fingerprint density at radius 1 is 1.23 bits per heavy atom. The molecule has 0 spiro atoms. The molecule has 0 aliphatic carbocycles. The summed E-state index contributed by atoms with van der Waals surface area (Å²) in [6, 6.07) is 11.1. The number of anilines is 1. The molecule has 0 unspecified atom stereocenters. The van der Waals surface area contributed by atoms with Crippen molar-refractivity contribution in [2.75, 3.05) is 5.32 Å². The summed E-state index contributed by atoms with van der Waals surface area (Å²) in [5.74, 6) is -0.179. The van der Waals surface area contributed by atoms with E-state index in [0.717, 1.165) is 16.5 Å². The van der Waals surface area contributed by atoms with Gasteiger partial charge in [-0.25, -0.2) is 0 Å². The van der Waals surface area contributed by atoms with Crippen LogP contribution in [-0.2, 0) is 11.2 Å². The van der Waals surface area contributed by atoms with E-state index >= 15 is 0 Å². The lowest BCUT2D eigenvalue weighted by Gasteiger charge is -2.06. The van der Waals surface area contributed by atoms with Gasteiger partial charge in [0.15, 0.2) is 5.58 Å². The standard InChI is InChI=1S/C17H15ClN2O2/c1-10-7-12-15(20-22-16(12)8-11(10)2)9-17(21)19-14-6-4-3-5-13(14)18/h3-8H,9H2,1-2H3,(H,19,21). The molecule has 3 aromatic rings. The first-order valence-corrected chi connectivity index (χ1v) is 7.32. The number of aromatic nitrogens is 1. The first-order valence-electron chi connectivity index (χ1n) is 6.94. The summed E-state index contributed by atoms with van der Waals surface area (Å²) in [6.45, 7) is 4.04. The van der Waals surface area contributed by atoms with E-state index in [1.54, 1.807) is 12.1 Å². The smallest absolute Gasteiger partial charge is 0.230 e. The van der Waals surface area contributed by atoms with Crippen molar-refractivity contribution >= 4 is 34.2 Å². The molecule has 5 heteroatoms. The average Bonchev–Trinajstić information content (AvgIpc) is 2.84. The fourth-order valence-electron chi connectivity index (χ4n) is 2.28. The quantitative estimate of drug-likeness (QED) is 0.785. The van der Waals surface area contributed by atoms with Crippen molar-refractivity contribution in [3.63, 3.8) is 0 Å². The third-order valence-electron chi connectivity index (χ3n) is 3.64. The van der Waals surface area contributed by atoms with Crippen LogP contribution in [-0.4, -0.2) is 11.1 Å². The molecular formula is C17H15ClN2O2. The first-order chi connectivity index (χ1) is 10.5. The van der Waals surface area contributed by atoms with Crippen LogP contribution in [0.1, 0.15) is 16.8 Å². The largest absolute Gasteiger partial charge is 0.356 e. The van der Waals surface area contributed by atoms with Crippen molar-refractivity contribution in [1.29, 1.82) is 0 Å². The van der Waals surface area contributed by atoms with Gasteiger partial charge in [0.05, 0.1) is 17.1 Å². The first kappa shape index (κ1) is 14.6. The highest BCUT2D eigenvalue weighted by Crippen LogP contribution is 2.24. The van der Waals surface area contributed by atoms with Crippen LogP contribution in [0.3, 0.4) is 0 Å². The van der Waals surface area contributed by atoms with Crippen molar-refractivity contribution in [3.8, 4) is 0 Å². The van der Waals surface area contributed by atoms with Crippen LogP contribution in [0.2, 0.25) is 5.02 Å². The number of amides is 1. The van der Waals surface area contributed by atoms with Gasteiger partial charge in [-0.1, -0.05) is 28.9 Å². The van der Waals surface area contributed by atoms with E-state index in [4.69, 9.17) is 16.1 Å². The zero-order chi connectivity index (χ0) is 15.7. The summed E-state index contributed by atoms with van der Waals surface area (Å²) in [6.07, 6.45) is 0.140. The van der Waals surface area contributed by atoms with Crippen molar-refractivity contribution in [3.05, 3.63) is 58.2 Å². The lowest BCUT2D eigenvalue weighted by atomic mass is 10.1. The summed E-state index contributed by atoms with van der Waals surface area (Å²) >= 11 is 6.03. The van der Waals surface area contributed by atoms with Gasteiger partial charge in [-0.05, 0) is 49.2 Å². The highest BCUT2D eigenvalue weighted by atomic mass is 35.5. The lowest BCUT2D eigenvalue weighted by molar-refractivity contribution is -0.115. The third-order valence-corrected chi connectivity index (χ3v) is 3.97. The Balaban J connectivity index is 1.83. The fourth-order valence-corrected chi connectivity index (χ4v) is 2.46. The van der Waals surface area contributed by atoms with E-state index in [-0.39, 0.29) is 12.3 Å². The summed E-state index contributed by atoms with van der Waals surface area (Å²) < 4.78 is 5.30. The number of fused-ring (bicyclic) bond motifs is 1. The van der Waals surface area contributed by atoms with Gasteiger partial charge in [0.2, 0.25) is 5.91 Å². The molecule has 1 heterocycles. The van der Waals surface area contributed by atoms with Crippen LogP contribution in [0.15, 0.2) is 40.9 Å². The number of carbonyl (C=O) groups is 1. The van der Waals surface area contributed by atoms with Crippen molar-refractivity contribution in [2.24, 2.45) is 0 Å². The van der Waals surface area contributed by atoms with Crippen LogP contribution in [0.4, 0.5) is 5.69 Å². The molecule has 0 radical (unpaired) electrons.